The molecule has 2 aromatic carbocycles. The fourth-order valence-electron chi connectivity index (χ4n) is 3.00. The summed E-state index contributed by atoms with van der Waals surface area (Å²) >= 11 is 1.78. The molecule has 0 fully saturated rings. The maximum Gasteiger partial charge on any atom is 0.0954 e. The maximum absolute atomic E-state index is 9.18. The first-order valence-electron chi connectivity index (χ1n) is 8.52. The third-order valence-corrected chi connectivity index (χ3v) is 5.22. The molecule has 0 aliphatic carbocycles. The highest BCUT2D eigenvalue weighted by Crippen LogP contribution is 2.24. The molecule has 2 unspecified atom stereocenters. The van der Waals surface area contributed by atoms with Crippen LogP contribution in [-0.4, -0.2) is 22.7 Å². The van der Waals surface area contributed by atoms with Gasteiger partial charge in [-0.3, -0.25) is 0 Å². The number of aliphatic hydroxyl groups is 1. The fourth-order valence-corrected chi connectivity index (χ4v) is 4.09. The average molecular weight is 340 g/mol. The van der Waals surface area contributed by atoms with E-state index in [1.165, 1.54) is 15.3 Å². The van der Waals surface area contributed by atoms with Crippen LogP contribution in [0.25, 0.3) is 10.2 Å². The van der Waals surface area contributed by atoms with Crippen molar-refractivity contribution < 1.29 is 5.11 Å². The van der Waals surface area contributed by atoms with E-state index in [1.807, 2.05) is 12.1 Å². The van der Waals surface area contributed by atoms with Gasteiger partial charge in [0.15, 0.2) is 0 Å². The van der Waals surface area contributed by atoms with Crippen molar-refractivity contribution in [3.05, 3.63) is 65.2 Å². The van der Waals surface area contributed by atoms with Gasteiger partial charge in [0.1, 0.15) is 0 Å². The van der Waals surface area contributed by atoms with Crippen molar-refractivity contribution >= 4 is 21.6 Å². The van der Waals surface area contributed by atoms with Gasteiger partial charge < -0.3 is 10.4 Å². The Hall–Kier alpha value is -1.75. The van der Waals surface area contributed by atoms with Crippen molar-refractivity contribution in [1.29, 1.82) is 0 Å². The van der Waals surface area contributed by atoms with Gasteiger partial charge >= 0.3 is 0 Å². The third kappa shape index (κ3) is 4.41. The molecule has 4 heteroatoms. The Bertz CT molecular complexity index is 723. The molecule has 0 saturated carbocycles. The number of rotatable bonds is 8. The van der Waals surface area contributed by atoms with E-state index in [9.17, 15) is 5.11 Å². The highest BCUT2D eigenvalue weighted by atomic mass is 32.1. The zero-order chi connectivity index (χ0) is 16.8. The monoisotopic (exact) mass is 340 g/mol. The normalized spacial score (nSPS) is 13.9. The molecule has 1 heterocycles. The van der Waals surface area contributed by atoms with Gasteiger partial charge in [-0.05, 0) is 37.5 Å². The number of hydrogen-bond donors (Lipinski definition) is 2. The molecule has 3 nitrogen and oxygen atoms in total. The first kappa shape index (κ1) is 17.1. The number of para-hydroxylation sites is 1. The Balaban J connectivity index is 1.67. The van der Waals surface area contributed by atoms with Crippen LogP contribution in [0.4, 0.5) is 0 Å². The van der Waals surface area contributed by atoms with Crippen LogP contribution in [0.15, 0.2) is 54.6 Å². The van der Waals surface area contributed by atoms with E-state index < -0.39 is 0 Å². The number of nitrogens with one attached hydrogen (secondary N) is 1. The zero-order valence-electron chi connectivity index (χ0n) is 14.0. The van der Waals surface area contributed by atoms with Gasteiger partial charge in [0.2, 0.25) is 0 Å². The van der Waals surface area contributed by atoms with E-state index in [4.69, 9.17) is 4.98 Å². The molecule has 126 valence electrons. The van der Waals surface area contributed by atoms with Crippen LogP contribution in [0.5, 0.6) is 0 Å². The van der Waals surface area contributed by atoms with Gasteiger partial charge in [0.25, 0.3) is 0 Å². The number of nitrogens with zero attached hydrogens (tertiary/aromatic N) is 1. The van der Waals surface area contributed by atoms with Gasteiger partial charge in [-0.1, -0.05) is 42.5 Å². The van der Waals surface area contributed by atoms with E-state index in [2.05, 4.69) is 54.7 Å². The highest BCUT2D eigenvalue weighted by molar-refractivity contribution is 7.18. The van der Waals surface area contributed by atoms with Gasteiger partial charge in [-0.15, -0.1) is 11.3 Å². The van der Waals surface area contributed by atoms with E-state index in [-0.39, 0.29) is 12.6 Å². The molecule has 3 aromatic rings. The summed E-state index contributed by atoms with van der Waals surface area (Å²) in [6, 6.07) is 19.4. The molecule has 0 spiro atoms. The Morgan fingerprint density at radius 3 is 2.58 bits per heavy atom. The van der Waals surface area contributed by atoms with Crippen LogP contribution in [-0.2, 0) is 6.42 Å². The molecule has 0 aliphatic heterocycles. The summed E-state index contributed by atoms with van der Waals surface area (Å²) < 4.78 is 1.25. The summed E-state index contributed by atoms with van der Waals surface area (Å²) in [7, 11) is 0. The number of aliphatic hydroxyl groups excluding tert-OH is 1. The summed E-state index contributed by atoms with van der Waals surface area (Å²) in [4.78, 5) is 4.73. The Morgan fingerprint density at radius 2 is 1.83 bits per heavy atom. The van der Waals surface area contributed by atoms with E-state index >= 15 is 0 Å². The van der Waals surface area contributed by atoms with Crippen LogP contribution in [0.1, 0.15) is 36.4 Å². The molecule has 0 saturated heterocycles. The predicted molar refractivity (Wildman–Crippen MR) is 101 cm³/mol. The van der Waals surface area contributed by atoms with Gasteiger partial charge in [0, 0.05) is 25.1 Å². The van der Waals surface area contributed by atoms with Crippen LogP contribution >= 0.6 is 11.3 Å². The number of aromatic nitrogens is 1. The van der Waals surface area contributed by atoms with Crippen LogP contribution in [0, 0.1) is 0 Å². The molecular weight excluding hydrogens is 316 g/mol. The third-order valence-electron chi connectivity index (χ3n) is 4.16. The Kier molecular flexibility index (Phi) is 5.96. The van der Waals surface area contributed by atoms with Crippen molar-refractivity contribution in [3.63, 3.8) is 0 Å². The molecular formula is C20H24N2OS. The lowest BCUT2D eigenvalue weighted by Gasteiger charge is -2.23. The second-order valence-corrected chi connectivity index (χ2v) is 7.29. The Morgan fingerprint density at radius 1 is 1.08 bits per heavy atom. The number of thiazole rings is 1. The summed E-state index contributed by atoms with van der Waals surface area (Å²) in [5.41, 5.74) is 2.37. The number of fused-ring (bicyclic) bond motifs is 1. The maximum atomic E-state index is 9.18. The quantitative estimate of drug-likeness (QED) is 0.641. The summed E-state index contributed by atoms with van der Waals surface area (Å²) in [6.45, 7) is 2.44. The van der Waals surface area contributed by atoms with Crippen molar-refractivity contribution in [3.8, 4) is 0 Å². The van der Waals surface area contributed by atoms with E-state index in [0.29, 0.717) is 6.04 Å². The van der Waals surface area contributed by atoms with Crippen LogP contribution in [0.2, 0.25) is 0 Å². The molecule has 1 aromatic heterocycles. The van der Waals surface area contributed by atoms with Gasteiger partial charge in [-0.2, -0.15) is 0 Å². The largest absolute Gasteiger partial charge is 0.396 e. The standard InChI is InChI=1S/C20H24N2OS/c1-15(14-20-22-18-10-5-6-12-19(18)24-20)21-17(11-7-13-23)16-8-3-2-4-9-16/h2-6,8-10,12,15,17,21,23H,7,11,13-14H2,1H3. The number of hydrogen-bond acceptors (Lipinski definition) is 4. The lowest BCUT2D eigenvalue weighted by molar-refractivity contribution is 0.272. The minimum absolute atomic E-state index is 0.233. The minimum Gasteiger partial charge on any atom is -0.396 e. The topological polar surface area (TPSA) is 45.2 Å². The zero-order valence-corrected chi connectivity index (χ0v) is 14.8. The second kappa shape index (κ2) is 8.38. The van der Waals surface area contributed by atoms with Crippen LogP contribution < -0.4 is 5.32 Å². The van der Waals surface area contributed by atoms with Crippen LogP contribution in [0.3, 0.4) is 0 Å². The predicted octanol–water partition coefficient (Wildman–Crippen LogP) is 4.33. The molecule has 3 rings (SSSR count). The molecule has 24 heavy (non-hydrogen) atoms. The lowest BCUT2D eigenvalue weighted by atomic mass is 10.0. The first-order chi connectivity index (χ1) is 11.8. The second-order valence-electron chi connectivity index (χ2n) is 6.18. The molecule has 0 radical (unpaired) electrons. The highest BCUT2D eigenvalue weighted by Gasteiger charge is 2.15. The van der Waals surface area contributed by atoms with E-state index in [1.54, 1.807) is 11.3 Å². The van der Waals surface area contributed by atoms with Gasteiger partial charge in [-0.25, -0.2) is 4.98 Å². The van der Waals surface area contributed by atoms with Crippen molar-refractivity contribution in [1.82, 2.24) is 10.3 Å². The summed E-state index contributed by atoms with van der Waals surface area (Å²) in [5.74, 6) is 0. The molecule has 0 amide bonds. The summed E-state index contributed by atoms with van der Waals surface area (Å²) in [6.07, 6.45) is 2.66. The van der Waals surface area contributed by atoms with Crippen molar-refractivity contribution in [2.24, 2.45) is 0 Å². The fraction of sp³-hybridized carbons (Fsp3) is 0.350. The van der Waals surface area contributed by atoms with E-state index in [0.717, 1.165) is 24.8 Å². The lowest BCUT2D eigenvalue weighted by Crippen LogP contribution is -2.32. The van der Waals surface area contributed by atoms with Crippen molar-refractivity contribution in [2.75, 3.05) is 6.61 Å². The molecule has 2 atom stereocenters. The minimum atomic E-state index is 0.233. The summed E-state index contributed by atoms with van der Waals surface area (Å²) in [5, 5.41) is 14.1. The Labute approximate surface area is 147 Å². The smallest absolute Gasteiger partial charge is 0.0954 e. The number of benzene rings is 2. The van der Waals surface area contributed by atoms with Gasteiger partial charge in [0.05, 0.1) is 15.2 Å². The van der Waals surface area contributed by atoms with Crippen molar-refractivity contribution in [2.45, 2.75) is 38.3 Å². The molecule has 2 N–H and O–H groups in total. The molecule has 0 bridgehead atoms. The first-order valence-corrected chi connectivity index (χ1v) is 9.34. The average Bonchev–Trinajstić information content (AvgIpc) is 3.01. The molecule has 0 aliphatic rings. The SMILES string of the molecule is CC(Cc1nc2ccccc2s1)NC(CCCO)c1ccccc1.